The first-order valence-corrected chi connectivity index (χ1v) is 5.53. The lowest BCUT2D eigenvalue weighted by Gasteiger charge is -2.05. The average Bonchev–Trinajstić information content (AvgIpc) is 2.99. The second-order valence-corrected chi connectivity index (χ2v) is 4.18. The number of hydrogen-bond donors (Lipinski definition) is 1. The fourth-order valence-electron chi connectivity index (χ4n) is 1.51. The molecule has 1 N–H and O–H groups in total. The quantitative estimate of drug-likeness (QED) is 0.723. The molecule has 1 saturated carbocycles. The van der Waals surface area contributed by atoms with Gasteiger partial charge in [0, 0.05) is 18.7 Å². The zero-order valence-electron chi connectivity index (χ0n) is 9.07. The predicted octanol–water partition coefficient (Wildman–Crippen LogP) is 0.694. The molecule has 0 unspecified atom stereocenters. The van der Waals surface area contributed by atoms with Crippen molar-refractivity contribution in [1.29, 1.82) is 0 Å². The highest BCUT2D eigenvalue weighted by Crippen LogP contribution is 2.18. The molecule has 4 nitrogen and oxygen atoms in total. The number of aryl methyl sites for hydroxylation is 2. The lowest BCUT2D eigenvalue weighted by molar-refractivity contribution is 0.520. The van der Waals surface area contributed by atoms with Crippen molar-refractivity contribution in [2.24, 2.45) is 0 Å². The normalized spacial score (nSPS) is 15.5. The van der Waals surface area contributed by atoms with Crippen LogP contribution in [0.4, 0.5) is 0 Å². The van der Waals surface area contributed by atoms with Crippen molar-refractivity contribution in [3.63, 3.8) is 0 Å². The molecular formula is C11H17N3O. The summed E-state index contributed by atoms with van der Waals surface area (Å²) in [6.45, 7) is 3.57. The fourth-order valence-corrected chi connectivity index (χ4v) is 1.51. The van der Waals surface area contributed by atoms with Gasteiger partial charge in [-0.05, 0) is 38.3 Å². The maximum Gasteiger partial charge on any atom is 0.266 e. The van der Waals surface area contributed by atoms with E-state index in [1.807, 2.05) is 6.92 Å². The third-order valence-corrected chi connectivity index (χ3v) is 2.56. The van der Waals surface area contributed by atoms with E-state index in [-0.39, 0.29) is 5.56 Å². The van der Waals surface area contributed by atoms with Crippen molar-refractivity contribution in [3.05, 3.63) is 28.2 Å². The molecule has 1 aromatic heterocycles. The molecule has 1 fully saturated rings. The van der Waals surface area contributed by atoms with Crippen LogP contribution in [0.1, 0.15) is 24.8 Å². The Bertz CT molecular complexity index is 382. The Morgan fingerprint density at radius 3 is 3.07 bits per heavy atom. The summed E-state index contributed by atoms with van der Waals surface area (Å²) in [6.07, 6.45) is 5.31. The highest BCUT2D eigenvalue weighted by molar-refractivity contribution is 5.02. The minimum absolute atomic E-state index is 0.00132. The Balaban J connectivity index is 1.79. The summed E-state index contributed by atoms with van der Waals surface area (Å²) < 4.78 is 1.53. The van der Waals surface area contributed by atoms with Crippen molar-refractivity contribution in [2.75, 3.05) is 6.54 Å². The van der Waals surface area contributed by atoms with Crippen LogP contribution in [0.2, 0.25) is 0 Å². The van der Waals surface area contributed by atoms with Crippen molar-refractivity contribution < 1.29 is 0 Å². The van der Waals surface area contributed by atoms with Gasteiger partial charge >= 0.3 is 0 Å². The standard InChI is InChI=1S/C11H17N3O/c1-9-7-11(15)14(13-8-9)6-2-5-12-10-3-4-10/h7-8,10,12H,2-6H2,1H3. The first-order valence-electron chi connectivity index (χ1n) is 5.53. The molecule has 1 aromatic rings. The van der Waals surface area contributed by atoms with Gasteiger partial charge in [-0.25, -0.2) is 4.68 Å². The number of rotatable bonds is 5. The Hall–Kier alpha value is -1.16. The van der Waals surface area contributed by atoms with Gasteiger partial charge in [0.25, 0.3) is 5.56 Å². The van der Waals surface area contributed by atoms with Crippen molar-refractivity contribution in [1.82, 2.24) is 15.1 Å². The van der Waals surface area contributed by atoms with Crippen LogP contribution in [0.15, 0.2) is 17.1 Å². The molecule has 0 aromatic carbocycles. The SMILES string of the molecule is Cc1cnn(CCCNC2CC2)c(=O)c1. The molecule has 2 rings (SSSR count). The molecule has 0 atom stereocenters. The van der Waals surface area contributed by atoms with Gasteiger partial charge in [0.15, 0.2) is 0 Å². The number of nitrogens with zero attached hydrogens (tertiary/aromatic N) is 2. The molecule has 15 heavy (non-hydrogen) atoms. The van der Waals surface area contributed by atoms with E-state index in [1.165, 1.54) is 17.5 Å². The molecule has 0 saturated heterocycles. The Labute approximate surface area is 89.3 Å². The Kier molecular flexibility index (Phi) is 3.16. The van der Waals surface area contributed by atoms with Crippen LogP contribution in [0.5, 0.6) is 0 Å². The van der Waals surface area contributed by atoms with Gasteiger partial charge in [0.2, 0.25) is 0 Å². The van der Waals surface area contributed by atoms with E-state index in [9.17, 15) is 4.79 Å². The van der Waals surface area contributed by atoms with E-state index in [2.05, 4.69) is 10.4 Å². The van der Waals surface area contributed by atoms with E-state index < -0.39 is 0 Å². The minimum Gasteiger partial charge on any atom is -0.314 e. The lowest BCUT2D eigenvalue weighted by Crippen LogP contribution is -2.25. The molecule has 82 valence electrons. The van der Waals surface area contributed by atoms with E-state index in [0.717, 1.165) is 24.6 Å². The van der Waals surface area contributed by atoms with E-state index in [0.29, 0.717) is 6.54 Å². The summed E-state index contributed by atoms with van der Waals surface area (Å²) >= 11 is 0. The molecule has 0 aliphatic heterocycles. The molecule has 0 spiro atoms. The molecule has 0 radical (unpaired) electrons. The van der Waals surface area contributed by atoms with Crippen LogP contribution >= 0.6 is 0 Å². The fraction of sp³-hybridized carbons (Fsp3) is 0.636. The van der Waals surface area contributed by atoms with Crippen LogP contribution in [0.25, 0.3) is 0 Å². The highest BCUT2D eigenvalue weighted by atomic mass is 16.1. The Morgan fingerprint density at radius 1 is 1.60 bits per heavy atom. The van der Waals surface area contributed by atoms with E-state index >= 15 is 0 Å². The molecule has 0 bridgehead atoms. The summed E-state index contributed by atoms with van der Waals surface area (Å²) in [5.41, 5.74) is 0.925. The second-order valence-electron chi connectivity index (χ2n) is 4.18. The van der Waals surface area contributed by atoms with Crippen LogP contribution in [0.3, 0.4) is 0 Å². The average molecular weight is 207 g/mol. The van der Waals surface area contributed by atoms with Gasteiger partial charge in [-0.3, -0.25) is 4.79 Å². The summed E-state index contributed by atoms with van der Waals surface area (Å²) in [4.78, 5) is 11.5. The predicted molar refractivity (Wildman–Crippen MR) is 58.9 cm³/mol. The lowest BCUT2D eigenvalue weighted by atomic mass is 10.3. The molecule has 1 aliphatic rings. The van der Waals surface area contributed by atoms with E-state index in [1.54, 1.807) is 12.3 Å². The number of nitrogens with one attached hydrogen (secondary N) is 1. The first-order chi connectivity index (χ1) is 7.25. The van der Waals surface area contributed by atoms with Gasteiger partial charge in [0.05, 0.1) is 6.20 Å². The number of hydrogen-bond acceptors (Lipinski definition) is 3. The summed E-state index contributed by atoms with van der Waals surface area (Å²) in [6, 6.07) is 2.37. The first kappa shape index (κ1) is 10.4. The van der Waals surface area contributed by atoms with Crippen molar-refractivity contribution in [2.45, 2.75) is 38.8 Å². The third kappa shape index (κ3) is 3.16. The second kappa shape index (κ2) is 4.57. The van der Waals surface area contributed by atoms with Gasteiger partial charge in [-0.2, -0.15) is 5.10 Å². The molecule has 0 amide bonds. The van der Waals surface area contributed by atoms with Crippen LogP contribution < -0.4 is 10.9 Å². The summed E-state index contributed by atoms with van der Waals surface area (Å²) in [5, 5.41) is 7.50. The molecule has 4 heteroatoms. The maximum absolute atomic E-state index is 11.5. The van der Waals surface area contributed by atoms with Crippen molar-refractivity contribution >= 4 is 0 Å². The van der Waals surface area contributed by atoms with Crippen LogP contribution in [-0.4, -0.2) is 22.4 Å². The van der Waals surface area contributed by atoms with Crippen LogP contribution in [0, 0.1) is 6.92 Å². The molecular weight excluding hydrogens is 190 g/mol. The molecule has 1 aliphatic carbocycles. The monoisotopic (exact) mass is 207 g/mol. The number of aromatic nitrogens is 2. The topological polar surface area (TPSA) is 46.9 Å². The largest absolute Gasteiger partial charge is 0.314 e. The third-order valence-electron chi connectivity index (χ3n) is 2.56. The zero-order valence-corrected chi connectivity index (χ0v) is 9.07. The summed E-state index contributed by atoms with van der Waals surface area (Å²) in [7, 11) is 0. The van der Waals surface area contributed by atoms with Crippen LogP contribution in [-0.2, 0) is 6.54 Å². The highest BCUT2D eigenvalue weighted by Gasteiger charge is 2.19. The maximum atomic E-state index is 11.5. The van der Waals surface area contributed by atoms with E-state index in [4.69, 9.17) is 0 Å². The minimum atomic E-state index is 0.00132. The summed E-state index contributed by atoms with van der Waals surface area (Å²) in [5.74, 6) is 0. The van der Waals surface area contributed by atoms with Gasteiger partial charge in [-0.15, -0.1) is 0 Å². The van der Waals surface area contributed by atoms with Gasteiger partial charge in [-0.1, -0.05) is 0 Å². The Morgan fingerprint density at radius 2 is 2.40 bits per heavy atom. The van der Waals surface area contributed by atoms with Gasteiger partial charge < -0.3 is 5.32 Å². The van der Waals surface area contributed by atoms with Crippen molar-refractivity contribution in [3.8, 4) is 0 Å². The smallest absolute Gasteiger partial charge is 0.266 e. The van der Waals surface area contributed by atoms with Gasteiger partial charge in [0.1, 0.15) is 0 Å². The molecule has 1 heterocycles. The zero-order chi connectivity index (χ0) is 10.7.